The Morgan fingerprint density at radius 3 is 2.41 bits per heavy atom. The molecule has 0 saturated heterocycles. The maximum atomic E-state index is 11.8. The van der Waals surface area contributed by atoms with Gasteiger partial charge in [0.25, 0.3) is 0 Å². The van der Waals surface area contributed by atoms with Gasteiger partial charge in [0, 0.05) is 6.54 Å². The molecule has 1 aromatic rings. The monoisotopic (exact) mass is 409 g/mol. The number of amides is 3. The van der Waals surface area contributed by atoms with Gasteiger partial charge in [-0.15, -0.1) is 0 Å². The molecule has 1 atom stereocenters. The molecule has 0 aliphatic heterocycles. The first-order valence-corrected chi connectivity index (χ1v) is 9.18. The van der Waals surface area contributed by atoms with Crippen LogP contribution in [-0.2, 0) is 30.4 Å². The molecule has 0 saturated carbocycles. The van der Waals surface area contributed by atoms with E-state index < -0.39 is 30.1 Å². The minimum Gasteiger partial charge on any atom is -0.467 e. The quantitative estimate of drug-likeness (QED) is 0.283. The Labute approximate surface area is 169 Å². The summed E-state index contributed by atoms with van der Waals surface area (Å²) in [6, 6.07) is 7.61. The number of urea groups is 1. The van der Waals surface area contributed by atoms with E-state index in [9.17, 15) is 19.2 Å². The molecule has 3 amide bonds. The zero-order valence-corrected chi connectivity index (χ0v) is 16.6. The molecule has 0 aliphatic carbocycles. The highest BCUT2D eigenvalue weighted by Gasteiger charge is 2.21. The zero-order chi connectivity index (χ0) is 21.5. The van der Waals surface area contributed by atoms with Gasteiger partial charge >= 0.3 is 24.1 Å². The molecule has 1 rings (SSSR count). The number of alkyl carbamates (subject to hydrolysis) is 1. The molecule has 0 radical (unpaired) electrons. The number of carbonyl (C=O) groups excluding carboxylic acids is 4. The summed E-state index contributed by atoms with van der Waals surface area (Å²) < 4.78 is 14.4. The van der Waals surface area contributed by atoms with Crippen LogP contribution in [0, 0.1) is 0 Å². The SMILES string of the molecule is CCOC(=O)CNC(=O)N[C@@H](CCCNC(=O)OCc1ccccc1)C(=O)OC. The third-order valence-electron chi connectivity index (χ3n) is 3.64. The Morgan fingerprint density at radius 1 is 1.03 bits per heavy atom. The lowest BCUT2D eigenvalue weighted by Gasteiger charge is -2.17. The molecule has 1 aromatic carbocycles. The highest BCUT2D eigenvalue weighted by molar-refractivity contribution is 5.85. The topological polar surface area (TPSA) is 132 Å². The lowest BCUT2D eigenvalue weighted by molar-refractivity contribution is -0.143. The molecule has 10 nitrogen and oxygen atoms in total. The lowest BCUT2D eigenvalue weighted by atomic mass is 10.1. The first kappa shape index (κ1) is 23.7. The summed E-state index contributed by atoms with van der Waals surface area (Å²) in [6.45, 7) is 1.93. The van der Waals surface area contributed by atoms with Crippen LogP contribution >= 0.6 is 0 Å². The van der Waals surface area contributed by atoms with Crippen molar-refractivity contribution in [3.05, 3.63) is 35.9 Å². The fraction of sp³-hybridized carbons (Fsp3) is 0.474. The van der Waals surface area contributed by atoms with E-state index in [2.05, 4.69) is 20.7 Å². The van der Waals surface area contributed by atoms with Gasteiger partial charge in [-0.3, -0.25) is 4.79 Å². The average Bonchev–Trinajstić information content (AvgIpc) is 2.73. The van der Waals surface area contributed by atoms with Crippen LogP contribution in [0.2, 0.25) is 0 Å². The standard InChI is InChI=1S/C19H27N3O7/c1-3-28-16(23)12-21-18(25)22-15(17(24)27-2)10-7-11-20-19(26)29-13-14-8-5-4-6-9-14/h4-6,8-9,15H,3,7,10-13H2,1-2H3,(H,20,26)(H2,21,22,25)/t15-/m0/s1. The maximum absolute atomic E-state index is 11.8. The van der Waals surface area contributed by atoms with Crippen molar-refractivity contribution in [2.45, 2.75) is 32.4 Å². The minimum absolute atomic E-state index is 0.152. The van der Waals surface area contributed by atoms with E-state index in [1.54, 1.807) is 6.92 Å². The molecule has 160 valence electrons. The van der Waals surface area contributed by atoms with Crippen molar-refractivity contribution in [3.63, 3.8) is 0 Å². The summed E-state index contributed by atoms with van der Waals surface area (Å²) in [4.78, 5) is 46.5. The molecule has 0 aromatic heterocycles. The van der Waals surface area contributed by atoms with E-state index in [-0.39, 0.29) is 32.7 Å². The predicted octanol–water partition coefficient (Wildman–Crippen LogP) is 1.10. The highest BCUT2D eigenvalue weighted by Crippen LogP contribution is 2.02. The van der Waals surface area contributed by atoms with Gasteiger partial charge in [-0.25, -0.2) is 14.4 Å². The molecule has 29 heavy (non-hydrogen) atoms. The highest BCUT2D eigenvalue weighted by atomic mass is 16.5. The van der Waals surface area contributed by atoms with Crippen LogP contribution in [0.1, 0.15) is 25.3 Å². The first-order chi connectivity index (χ1) is 14.0. The van der Waals surface area contributed by atoms with Crippen molar-refractivity contribution in [2.24, 2.45) is 0 Å². The molecule has 0 fully saturated rings. The van der Waals surface area contributed by atoms with E-state index in [0.29, 0.717) is 6.42 Å². The van der Waals surface area contributed by atoms with Crippen LogP contribution in [0.5, 0.6) is 0 Å². The zero-order valence-electron chi connectivity index (χ0n) is 16.6. The fourth-order valence-corrected chi connectivity index (χ4v) is 2.24. The second-order valence-corrected chi connectivity index (χ2v) is 5.84. The minimum atomic E-state index is -0.927. The number of methoxy groups -OCH3 is 1. The smallest absolute Gasteiger partial charge is 0.407 e. The fourth-order valence-electron chi connectivity index (χ4n) is 2.24. The first-order valence-electron chi connectivity index (χ1n) is 9.18. The van der Waals surface area contributed by atoms with Crippen molar-refractivity contribution < 1.29 is 33.4 Å². The van der Waals surface area contributed by atoms with E-state index in [0.717, 1.165) is 5.56 Å². The number of ether oxygens (including phenoxy) is 3. The molecular weight excluding hydrogens is 382 g/mol. The second-order valence-electron chi connectivity index (χ2n) is 5.84. The van der Waals surface area contributed by atoms with Gasteiger partial charge in [0.2, 0.25) is 0 Å². The van der Waals surface area contributed by atoms with Gasteiger partial charge < -0.3 is 30.2 Å². The number of hydrogen-bond acceptors (Lipinski definition) is 7. The van der Waals surface area contributed by atoms with E-state index >= 15 is 0 Å². The maximum Gasteiger partial charge on any atom is 0.407 e. The Balaban J connectivity index is 2.30. The van der Waals surface area contributed by atoms with Crippen molar-refractivity contribution in [3.8, 4) is 0 Å². The Hall–Kier alpha value is -3.30. The molecule has 0 bridgehead atoms. The summed E-state index contributed by atoms with van der Waals surface area (Å²) in [6.07, 6.45) is 0.0280. The lowest BCUT2D eigenvalue weighted by Crippen LogP contribution is -2.48. The van der Waals surface area contributed by atoms with Crippen molar-refractivity contribution in [1.82, 2.24) is 16.0 Å². The predicted molar refractivity (Wildman–Crippen MR) is 103 cm³/mol. The average molecular weight is 409 g/mol. The van der Waals surface area contributed by atoms with Gasteiger partial charge in [0.05, 0.1) is 13.7 Å². The van der Waals surface area contributed by atoms with Gasteiger partial charge in [0.1, 0.15) is 19.2 Å². The second kappa shape index (κ2) is 13.8. The van der Waals surface area contributed by atoms with Crippen LogP contribution < -0.4 is 16.0 Å². The van der Waals surface area contributed by atoms with Crippen LogP contribution in [0.4, 0.5) is 9.59 Å². The normalized spacial score (nSPS) is 11.0. The number of rotatable bonds is 11. The Bertz CT molecular complexity index is 667. The Kier molecular flexibility index (Phi) is 11.3. The summed E-state index contributed by atoms with van der Waals surface area (Å²) in [7, 11) is 1.20. The third-order valence-corrected chi connectivity index (χ3v) is 3.64. The number of benzene rings is 1. The van der Waals surface area contributed by atoms with Crippen LogP contribution in [0.3, 0.4) is 0 Å². The summed E-state index contributed by atoms with van der Waals surface area (Å²) in [5, 5.41) is 7.29. The molecule has 0 unspecified atom stereocenters. The van der Waals surface area contributed by atoms with Gasteiger partial charge in [-0.1, -0.05) is 30.3 Å². The van der Waals surface area contributed by atoms with E-state index in [1.165, 1.54) is 7.11 Å². The largest absolute Gasteiger partial charge is 0.467 e. The number of carbonyl (C=O) groups is 4. The third kappa shape index (κ3) is 10.6. The molecule has 0 spiro atoms. The Morgan fingerprint density at radius 2 is 1.76 bits per heavy atom. The van der Waals surface area contributed by atoms with Gasteiger partial charge in [-0.2, -0.15) is 0 Å². The van der Waals surface area contributed by atoms with Gasteiger partial charge in [-0.05, 0) is 25.3 Å². The molecule has 0 aliphatic rings. The van der Waals surface area contributed by atoms with Crippen molar-refractivity contribution >= 4 is 24.1 Å². The van der Waals surface area contributed by atoms with Crippen molar-refractivity contribution in [1.29, 1.82) is 0 Å². The summed E-state index contributed by atoms with van der Waals surface area (Å²) in [5.74, 6) is -1.22. The van der Waals surface area contributed by atoms with Crippen LogP contribution in [-0.4, -0.2) is 56.9 Å². The van der Waals surface area contributed by atoms with Gasteiger partial charge in [0.15, 0.2) is 0 Å². The summed E-state index contributed by atoms with van der Waals surface area (Å²) in [5.41, 5.74) is 0.867. The number of nitrogens with one attached hydrogen (secondary N) is 3. The molecule has 3 N–H and O–H groups in total. The molecular formula is C19H27N3O7. The molecule has 10 heteroatoms. The molecule has 0 heterocycles. The van der Waals surface area contributed by atoms with E-state index in [4.69, 9.17) is 9.47 Å². The number of esters is 2. The van der Waals surface area contributed by atoms with E-state index in [1.807, 2.05) is 30.3 Å². The van der Waals surface area contributed by atoms with Crippen LogP contribution in [0.15, 0.2) is 30.3 Å². The summed E-state index contributed by atoms with van der Waals surface area (Å²) >= 11 is 0. The van der Waals surface area contributed by atoms with Crippen molar-refractivity contribution in [2.75, 3.05) is 26.8 Å². The van der Waals surface area contributed by atoms with Crippen LogP contribution in [0.25, 0.3) is 0 Å². The number of hydrogen-bond donors (Lipinski definition) is 3.